The lowest BCUT2D eigenvalue weighted by Gasteiger charge is -2.34. The Hall–Kier alpha value is -4.42. The number of likely N-dealkylation sites (N-methyl/N-ethyl adjacent to an activating group) is 1. The second kappa shape index (κ2) is 11.8. The van der Waals surface area contributed by atoms with Crippen molar-refractivity contribution in [2.45, 2.75) is 25.9 Å². The van der Waals surface area contributed by atoms with E-state index in [9.17, 15) is 13.6 Å². The number of hydrogen-bond acceptors (Lipinski definition) is 8. The number of nitrogens with zero attached hydrogens (tertiary/aromatic N) is 6. The molecule has 0 bridgehead atoms. The highest BCUT2D eigenvalue weighted by atomic mass is 19.3. The van der Waals surface area contributed by atoms with Crippen LogP contribution in [0.15, 0.2) is 61.1 Å². The number of anilines is 3. The molecule has 218 valence electrons. The fraction of sp³-hybridized carbons (Fsp3) is 0.333. The summed E-state index contributed by atoms with van der Waals surface area (Å²) in [6, 6.07) is 12.1. The van der Waals surface area contributed by atoms with Gasteiger partial charge in [-0.05, 0) is 55.4 Å². The van der Waals surface area contributed by atoms with Crippen molar-refractivity contribution in [2.24, 2.45) is 0 Å². The van der Waals surface area contributed by atoms with Gasteiger partial charge in [0.05, 0.1) is 18.4 Å². The van der Waals surface area contributed by atoms with Crippen LogP contribution in [0.4, 0.5) is 26.1 Å². The number of fused-ring (bicyclic) bond motifs is 2. The summed E-state index contributed by atoms with van der Waals surface area (Å²) in [5.74, 6) is -0.107. The number of carbonyl (C=O) groups is 1. The van der Waals surface area contributed by atoms with Crippen molar-refractivity contribution < 1.29 is 13.6 Å². The highest BCUT2D eigenvalue weighted by Gasteiger charge is 2.21. The Kier molecular flexibility index (Phi) is 7.81. The summed E-state index contributed by atoms with van der Waals surface area (Å²) in [6.07, 6.45) is 4.46. The number of nitrogens with one attached hydrogen (secondary N) is 3. The van der Waals surface area contributed by atoms with Crippen LogP contribution in [-0.2, 0) is 6.54 Å². The topological polar surface area (TPSA) is 103 Å². The molecule has 10 nitrogen and oxygen atoms in total. The third-order valence-corrected chi connectivity index (χ3v) is 7.60. The minimum absolute atomic E-state index is 0.0400. The lowest BCUT2D eigenvalue weighted by Crippen LogP contribution is -2.44. The first-order valence-electron chi connectivity index (χ1n) is 14.0. The smallest absolute Gasteiger partial charge is 0.270 e. The molecule has 1 atom stereocenters. The van der Waals surface area contributed by atoms with E-state index in [4.69, 9.17) is 4.98 Å². The quantitative estimate of drug-likeness (QED) is 0.309. The van der Waals surface area contributed by atoms with Crippen LogP contribution in [0.1, 0.15) is 34.2 Å². The van der Waals surface area contributed by atoms with E-state index in [1.165, 1.54) is 11.9 Å². The van der Waals surface area contributed by atoms with Gasteiger partial charge in [0.1, 0.15) is 11.3 Å². The summed E-state index contributed by atoms with van der Waals surface area (Å²) in [4.78, 5) is 31.1. The number of rotatable bonds is 7. The summed E-state index contributed by atoms with van der Waals surface area (Å²) in [6.45, 7) is 5.93. The predicted molar refractivity (Wildman–Crippen MR) is 158 cm³/mol. The molecule has 3 N–H and O–H groups in total. The first-order chi connectivity index (χ1) is 20.3. The lowest BCUT2D eigenvalue weighted by atomic mass is 9.98. The molecule has 1 saturated heterocycles. The molecule has 42 heavy (non-hydrogen) atoms. The van der Waals surface area contributed by atoms with Crippen LogP contribution in [0.5, 0.6) is 0 Å². The van der Waals surface area contributed by atoms with E-state index in [1.54, 1.807) is 16.7 Å². The molecule has 1 amide bonds. The number of aromatic nitrogens is 4. The van der Waals surface area contributed by atoms with E-state index in [-0.39, 0.29) is 11.7 Å². The number of piperazine rings is 1. The average molecular weight is 574 g/mol. The molecule has 0 unspecified atom stereocenters. The molecule has 0 radical (unpaired) electrons. The Bertz CT molecular complexity index is 1630. The highest BCUT2D eigenvalue weighted by molar-refractivity contribution is 5.93. The molecule has 12 heteroatoms. The molecule has 0 spiro atoms. The maximum Gasteiger partial charge on any atom is 0.270 e. The van der Waals surface area contributed by atoms with E-state index in [2.05, 4.69) is 67.9 Å². The van der Waals surface area contributed by atoms with Crippen LogP contribution in [0.25, 0.3) is 11.2 Å². The van der Waals surface area contributed by atoms with Gasteiger partial charge in [-0.25, -0.2) is 23.7 Å². The molecule has 5 heterocycles. The van der Waals surface area contributed by atoms with E-state index < -0.39 is 18.9 Å². The third kappa shape index (κ3) is 5.95. The van der Waals surface area contributed by atoms with Crippen molar-refractivity contribution in [1.82, 2.24) is 34.9 Å². The molecule has 6 rings (SSSR count). The van der Waals surface area contributed by atoms with E-state index in [0.29, 0.717) is 18.1 Å². The zero-order chi connectivity index (χ0) is 29.2. The van der Waals surface area contributed by atoms with Gasteiger partial charge in [0.2, 0.25) is 5.95 Å². The second-order valence-corrected chi connectivity index (χ2v) is 10.7. The van der Waals surface area contributed by atoms with Crippen LogP contribution < -0.4 is 20.9 Å². The summed E-state index contributed by atoms with van der Waals surface area (Å²) < 4.78 is 26.9. The maximum absolute atomic E-state index is 12.7. The van der Waals surface area contributed by atoms with Crippen molar-refractivity contribution in [3.05, 3.63) is 83.6 Å². The van der Waals surface area contributed by atoms with Crippen molar-refractivity contribution >= 4 is 34.5 Å². The summed E-state index contributed by atoms with van der Waals surface area (Å²) in [5.41, 5.74) is 6.23. The van der Waals surface area contributed by atoms with Gasteiger partial charge in [0, 0.05) is 68.1 Å². The Balaban J connectivity index is 1.27. The Morgan fingerprint density at radius 2 is 1.95 bits per heavy atom. The highest BCUT2D eigenvalue weighted by Crippen LogP contribution is 2.30. The number of benzene rings is 1. The molecule has 1 aromatic carbocycles. The van der Waals surface area contributed by atoms with Gasteiger partial charge in [0.15, 0.2) is 0 Å². The van der Waals surface area contributed by atoms with Gasteiger partial charge in [0.25, 0.3) is 12.3 Å². The number of imidazole rings is 1. The molecule has 3 aromatic heterocycles. The Morgan fingerprint density at radius 3 is 2.76 bits per heavy atom. The minimum Gasteiger partial charge on any atom is -0.369 e. The van der Waals surface area contributed by atoms with E-state index >= 15 is 0 Å². The number of alkyl halides is 2. The molecule has 1 fully saturated rings. The van der Waals surface area contributed by atoms with Gasteiger partial charge in [-0.15, -0.1) is 0 Å². The molecular formula is C30H33F2N9O. The normalized spacial score (nSPS) is 17.6. The first kappa shape index (κ1) is 27.7. The molecule has 0 saturated carbocycles. The molecule has 2 aliphatic rings. The third-order valence-electron chi connectivity index (χ3n) is 7.60. The standard InChI is InChI=1S/C30H33F2N9O/c1-19-12-23(20-6-7-28-34-16-26(41(28)18-20)29(42)35-17-27(31)32)24-14-36-30(38-25(24)15-33-19)37-21-4-3-5-22(13-21)40-10-8-39(2)9-11-40/h3-7,12-14,16,18-19,27,33H,8-11,15,17H2,1-2H3,(H,35,42)(H,36,37,38)/t19-/m1/s1. The number of carbonyl (C=O) groups excluding carboxylic acids is 1. The van der Waals surface area contributed by atoms with Gasteiger partial charge < -0.3 is 25.8 Å². The van der Waals surface area contributed by atoms with Crippen LogP contribution in [0, 0.1) is 0 Å². The van der Waals surface area contributed by atoms with Crippen LogP contribution in [-0.4, -0.2) is 82.4 Å². The molecule has 0 aliphatic carbocycles. The Labute approximate surface area is 242 Å². The van der Waals surface area contributed by atoms with Crippen molar-refractivity contribution in [2.75, 3.05) is 50.0 Å². The number of halogens is 2. The molecule has 2 aliphatic heterocycles. The number of hydrogen-bond donors (Lipinski definition) is 3. The largest absolute Gasteiger partial charge is 0.369 e. The van der Waals surface area contributed by atoms with Crippen molar-refractivity contribution in [3.63, 3.8) is 0 Å². The van der Waals surface area contributed by atoms with Crippen LogP contribution >= 0.6 is 0 Å². The summed E-state index contributed by atoms with van der Waals surface area (Å²) >= 11 is 0. The zero-order valence-corrected chi connectivity index (χ0v) is 23.5. The van der Waals surface area contributed by atoms with Gasteiger partial charge in [-0.3, -0.25) is 9.20 Å². The van der Waals surface area contributed by atoms with Crippen molar-refractivity contribution in [1.29, 1.82) is 0 Å². The fourth-order valence-corrected chi connectivity index (χ4v) is 5.29. The lowest BCUT2D eigenvalue weighted by molar-refractivity contribution is 0.0886. The van der Waals surface area contributed by atoms with Gasteiger partial charge >= 0.3 is 0 Å². The molecule has 4 aromatic rings. The van der Waals surface area contributed by atoms with E-state index in [0.717, 1.165) is 54.3 Å². The van der Waals surface area contributed by atoms with E-state index in [1.807, 2.05) is 24.4 Å². The average Bonchev–Trinajstić information content (AvgIpc) is 3.34. The predicted octanol–water partition coefficient (Wildman–Crippen LogP) is 3.54. The summed E-state index contributed by atoms with van der Waals surface area (Å²) in [5, 5.41) is 9.10. The van der Waals surface area contributed by atoms with Gasteiger partial charge in [-0.2, -0.15) is 0 Å². The number of amides is 1. The molecular weight excluding hydrogens is 540 g/mol. The van der Waals surface area contributed by atoms with Crippen molar-refractivity contribution in [3.8, 4) is 0 Å². The minimum atomic E-state index is -2.63. The number of pyridine rings is 1. The maximum atomic E-state index is 12.7. The monoisotopic (exact) mass is 573 g/mol. The van der Waals surface area contributed by atoms with Gasteiger partial charge in [-0.1, -0.05) is 12.1 Å². The zero-order valence-electron chi connectivity index (χ0n) is 23.5. The second-order valence-electron chi connectivity index (χ2n) is 10.7. The first-order valence-corrected chi connectivity index (χ1v) is 14.0. The Morgan fingerprint density at radius 1 is 1.12 bits per heavy atom. The SMILES string of the molecule is C[C@@H]1C=C(c2ccc3ncc(C(=O)NCC(F)F)n3c2)c2cnc(Nc3cccc(N4CCN(C)CC4)c3)nc2CN1. The van der Waals surface area contributed by atoms with Crippen LogP contribution in [0.2, 0.25) is 0 Å². The fourth-order valence-electron chi connectivity index (χ4n) is 5.29. The van der Waals surface area contributed by atoms with Crippen LogP contribution in [0.3, 0.4) is 0 Å². The summed E-state index contributed by atoms with van der Waals surface area (Å²) in [7, 11) is 2.15.